The van der Waals surface area contributed by atoms with Gasteiger partial charge in [-0.15, -0.1) is 0 Å². The molecule has 1 atom stereocenters. The van der Waals surface area contributed by atoms with Crippen LogP contribution in [0.2, 0.25) is 0 Å². The van der Waals surface area contributed by atoms with Crippen LogP contribution in [0.4, 0.5) is 0 Å². The Labute approximate surface area is 153 Å². The second kappa shape index (κ2) is 6.87. The number of carbonyl (C=O) groups is 1. The molecule has 1 unspecified atom stereocenters. The number of methoxy groups -OCH3 is 1. The van der Waals surface area contributed by atoms with Crippen molar-refractivity contribution in [2.45, 2.75) is 32.2 Å². The van der Waals surface area contributed by atoms with Crippen molar-refractivity contribution in [2.75, 3.05) is 7.11 Å². The first-order chi connectivity index (χ1) is 12.6. The van der Waals surface area contributed by atoms with Crippen LogP contribution in [0.5, 0.6) is 5.75 Å². The summed E-state index contributed by atoms with van der Waals surface area (Å²) in [5.74, 6) is 1.38. The second-order valence-corrected chi connectivity index (χ2v) is 7.09. The molecule has 0 saturated heterocycles. The molecule has 1 aliphatic carbocycles. The van der Waals surface area contributed by atoms with E-state index in [0.29, 0.717) is 12.3 Å². The van der Waals surface area contributed by atoms with Gasteiger partial charge in [-0.25, -0.2) is 0 Å². The van der Waals surface area contributed by atoms with Crippen LogP contribution in [-0.2, 0) is 11.2 Å². The summed E-state index contributed by atoms with van der Waals surface area (Å²) >= 11 is 0. The van der Waals surface area contributed by atoms with Crippen LogP contribution in [0.3, 0.4) is 0 Å². The first kappa shape index (κ1) is 16.7. The van der Waals surface area contributed by atoms with Crippen LogP contribution in [0, 0.1) is 12.8 Å². The topological polar surface area (TPSA) is 51.5 Å². The number of rotatable bonds is 6. The third-order valence-corrected chi connectivity index (χ3v) is 5.05. The van der Waals surface area contributed by atoms with Gasteiger partial charge in [0, 0.05) is 10.9 Å². The lowest BCUT2D eigenvalue weighted by atomic mass is 10.0. The highest BCUT2D eigenvalue weighted by Gasteiger charge is 2.33. The third-order valence-electron chi connectivity index (χ3n) is 5.05. The number of fused-ring (bicyclic) bond motifs is 1. The molecule has 1 fully saturated rings. The van der Waals surface area contributed by atoms with Gasteiger partial charge < -0.3 is 14.5 Å². The maximum absolute atomic E-state index is 12.7. The fraction of sp³-hybridized carbons (Fsp3) is 0.318. The van der Waals surface area contributed by atoms with Gasteiger partial charge in [0.25, 0.3) is 0 Å². The summed E-state index contributed by atoms with van der Waals surface area (Å²) in [6, 6.07) is 14.1. The molecule has 4 rings (SSSR count). The Bertz CT molecular complexity index is 922. The van der Waals surface area contributed by atoms with E-state index in [2.05, 4.69) is 5.32 Å². The molecule has 3 aromatic rings. The number of furan rings is 1. The number of nitrogens with one attached hydrogen (secondary N) is 1. The van der Waals surface area contributed by atoms with Crippen molar-refractivity contribution >= 4 is 16.9 Å². The lowest BCUT2D eigenvalue weighted by Crippen LogP contribution is -2.31. The third kappa shape index (κ3) is 3.45. The second-order valence-electron chi connectivity index (χ2n) is 7.09. The van der Waals surface area contributed by atoms with Crippen LogP contribution in [0.15, 0.2) is 53.1 Å². The van der Waals surface area contributed by atoms with Gasteiger partial charge in [-0.1, -0.05) is 24.3 Å². The SMILES string of the molecule is COc1ccc(C(NC(=O)Cc2coc3cc(C)ccc23)C2CC2)cc1. The highest BCUT2D eigenvalue weighted by atomic mass is 16.5. The Morgan fingerprint density at radius 3 is 2.69 bits per heavy atom. The van der Waals surface area contributed by atoms with Crippen molar-refractivity contribution in [2.24, 2.45) is 5.92 Å². The van der Waals surface area contributed by atoms with Crippen molar-refractivity contribution in [1.29, 1.82) is 0 Å². The molecular formula is C22H23NO3. The summed E-state index contributed by atoms with van der Waals surface area (Å²) in [6.45, 7) is 2.03. The van der Waals surface area contributed by atoms with Crippen LogP contribution >= 0.6 is 0 Å². The summed E-state index contributed by atoms with van der Waals surface area (Å²) in [6.07, 6.45) is 4.34. The van der Waals surface area contributed by atoms with E-state index in [9.17, 15) is 4.79 Å². The van der Waals surface area contributed by atoms with Gasteiger partial charge in [0.05, 0.1) is 25.8 Å². The van der Waals surface area contributed by atoms with E-state index in [4.69, 9.17) is 9.15 Å². The van der Waals surface area contributed by atoms with E-state index in [1.54, 1.807) is 13.4 Å². The number of carbonyl (C=O) groups excluding carboxylic acids is 1. The number of hydrogen-bond donors (Lipinski definition) is 1. The molecule has 26 heavy (non-hydrogen) atoms. The maximum Gasteiger partial charge on any atom is 0.225 e. The zero-order chi connectivity index (χ0) is 18.1. The van der Waals surface area contributed by atoms with Crippen molar-refractivity contribution in [3.8, 4) is 5.75 Å². The van der Waals surface area contributed by atoms with E-state index in [1.807, 2.05) is 49.4 Å². The van der Waals surface area contributed by atoms with Gasteiger partial charge in [0.1, 0.15) is 11.3 Å². The number of aryl methyl sites for hydroxylation is 1. The van der Waals surface area contributed by atoms with Crippen LogP contribution in [0.25, 0.3) is 11.0 Å². The predicted molar refractivity (Wildman–Crippen MR) is 101 cm³/mol. The van der Waals surface area contributed by atoms with Crippen molar-refractivity contribution in [3.05, 3.63) is 65.4 Å². The number of ether oxygens (including phenoxy) is 1. The minimum absolute atomic E-state index is 0.0287. The summed E-state index contributed by atoms with van der Waals surface area (Å²) < 4.78 is 10.8. The molecule has 1 saturated carbocycles. The molecule has 4 nitrogen and oxygen atoms in total. The van der Waals surface area contributed by atoms with E-state index < -0.39 is 0 Å². The molecule has 1 heterocycles. The molecule has 2 aromatic carbocycles. The lowest BCUT2D eigenvalue weighted by Gasteiger charge is -2.19. The zero-order valence-corrected chi connectivity index (χ0v) is 15.1. The zero-order valence-electron chi connectivity index (χ0n) is 15.1. The smallest absolute Gasteiger partial charge is 0.225 e. The van der Waals surface area contributed by atoms with Crippen LogP contribution in [-0.4, -0.2) is 13.0 Å². The van der Waals surface area contributed by atoms with E-state index in [-0.39, 0.29) is 11.9 Å². The number of benzene rings is 2. The Morgan fingerprint density at radius 1 is 1.23 bits per heavy atom. The van der Waals surface area contributed by atoms with Gasteiger partial charge in [0.2, 0.25) is 5.91 Å². The minimum atomic E-state index is 0.0287. The van der Waals surface area contributed by atoms with Crippen molar-refractivity contribution in [1.82, 2.24) is 5.32 Å². The Balaban J connectivity index is 1.49. The lowest BCUT2D eigenvalue weighted by molar-refractivity contribution is -0.121. The monoisotopic (exact) mass is 349 g/mol. The highest BCUT2D eigenvalue weighted by molar-refractivity contribution is 5.88. The summed E-state index contributed by atoms with van der Waals surface area (Å²) in [5, 5.41) is 4.24. The molecule has 1 N–H and O–H groups in total. The van der Waals surface area contributed by atoms with Gasteiger partial charge in [0.15, 0.2) is 0 Å². The normalized spacial score (nSPS) is 15.0. The molecule has 134 valence electrons. The molecular weight excluding hydrogens is 326 g/mol. The molecule has 0 spiro atoms. The number of hydrogen-bond acceptors (Lipinski definition) is 3. The van der Waals surface area contributed by atoms with E-state index >= 15 is 0 Å². The number of amides is 1. The average molecular weight is 349 g/mol. The maximum atomic E-state index is 12.7. The molecule has 0 radical (unpaired) electrons. The fourth-order valence-corrected chi connectivity index (χ4v) is 3.44. The highest BCUT2D eigenvalue weighted by Crippen LogP contribution is 2.41. The van der Waals surface area contributed by atoms with Gasteiger partial charge in [-0.3, -0.25) is 4.79 Å². The standard InChI is InChI=1S/C22H23NO3/c1-14-3-10-19-17(13-26-20(19)11-14)12-21(24)23-22(15-4-5-15)16-6-8-18(25-2)9-7-16/h3,6-11,13,15,22H,4-5,12H2,1-2H3,(H,23,24). The van der Waals surface area contributed by atoms with E-state index in [0.717, 1.165) is 46.3 Å². The summed E-state index contributed by atoms with van der Waals surface area (Å²) in [7, 11) is 1.66. The first-order valence-corrected chi connectivity index (χ1v) is 9.04. The molecule has 1 aromatic heterocycles. The predicted octanol–water partition coefficient (Wildman–Crippen LogP) is 4.56. The Kier molecular flexibility index (Phi) is 4.41. The largest absolute Gasteiger partial charge is 0.497 e. The fourth-order valence-electron chi connectivity index (χ4n) is 3.44. The Hall–Kier alpha value is -2.75. The summed E-state index contributed by atoms with van der Waals surface area (Å²) in [5.41, 5.74) is 4.05. The van der Waals surface area contributed by atoms with E-state index in [1.165, 1.54) is 0 Å². The average Bonchev–Trinajstić information content (AvgIpc) is 3.42. The van der Waals surface area contributed by atoms with Crippen LogP contribution in [0.1, 0.15) is 35.6 Å². The van der Waals surface area contributed by atoms with Gasteiger partial charge in [-0.05, 0) is 55.0 Å². The van der Waals surface area contributed by atoms with Crippen LogP contribution < -0.4 is 10.1 Å². The molecule has 0 aliphatic heterocycles. The molecule has 1 amide bonds. The van der Waals surface area contributed by atoms with Crippen molar-refractivity contribution in [3.63, 3.8) is 0 Å². The molecule has 0 bridgehead atoms. The Morgan fingerprint density at radius 2 is 2.00 bits per heavy atom. The quantitative estimate of drug-likeness (QED) is 0.710. The van der Waals surface area contributed by atoms with Gasteiger partial charge >= 0.3 is 0 Å². The van der Waals surface area contributed by atoms with Gasteiger partial charge in [-0.2, -0.15) is 0 Å². The van der Waals surface area contributed by atoms with Crippen molar-refractivity contribution < 1.29 is 13.9 Å². The summed E-state index contributed by atoms with van der Waals surface area (Å²) in [4.78, 5) is 12.7. The first-order valence-electron chi connectivity index (χ1n) is 9.04. The minimum Gasteiger partial charge on any atom is -0.497 e. The molecule has 4 heteroatoms. The molecule has 1 aliphatic rings.